The molecule has 4 heteroatoms. The van der Waals surface area contributed by atoms with Crippen molar-refractivity contribution in [3.8, 4) is 0 Å². The van der Waals surface area contributed by atoms with Gasteiger partial charge in [-0.05, 0) is 32.6 Å². The third-order valence-electron chi connectivity index (χ3n) is 4.05. The molecule has 2 fully saturated rings. The monoisotopic (exact) mass is 267 g/mol. The lowest BCUT2D eigenvalue weighted by Crippen LogP contribution is -2.42. The first kappa shape index (κ1) is 15.9. The molecule has 0 aromatic heterocycles. The molecule has 1 heterocycles. The maximum Gasteiger partial charge on any atom is 0.232 e. The Morgan fingerprint density at radius 3 is 2.00 bits per heavy atom. The van der Waals surface area contributed by atoms with Crippen LogP contribution in [0.2, 0.25) is 0 Å². The van der Waals surface area contributed by atoms with E-state index >= 15 is 0 Å². The van der Waals surface area contributed by atoms with Gasteiger partial charge in [-0.25, -0.2) is 0 Å². The molecule has 0 radical (unpaired) electrons. The van der Waals surface area contributed by atoms with E-state index in [0.29, 0.717) is 6.42 Å². The minimum absolute atomic E-state index is 0.0266. The van der Waals surface area contributed by atoms with Crippen molar-refractivity contribution >= 4 is 17.6 Å². The summed E-state index contributed by atoms with van der Waals surface area (Å²) in [6.45, 7) is 7.43. The van der Waals surface area contributed by atoms with Gasteiger partial charge in [0.1, 0.15) is 5.78 Å². The fourth-order valence-corrected chi connectivity index (χ4v) is 2.93. The van der Waals surface area contributed by atoms with Crippen LogP contribution in [0.1, 0.15) is 59.8 Å². The molecular weight excluding hydrogens is 242 g/mol. The van der Waals surface area contributed by atoms with Crippen LogP contribution in [0.5, 0.6) is 0 Å². The molecule has 4 nitrogen and oxygen atoms in total. The Bertz CT molecular complexity index is 356. The van der Waals surface area contributed by atoms with Crippen LogP contribution in [0.15, 0.2) is 0 Å². The highest BCUT2D eigenvalue weighted by Crippen LogP contribution is 2.32. The zero-order chi connectivity index (χ0) is 14.6. The minimum atomic E-state index is -0.159. The number of carbonyl (C=O) groups is 3. The maximum atomic E-state index is 11.9. The largest absolute Gasteiger partial charge is 0.300 e. The van der Waals surface area contributed by atoms with Crippen molar-refractivity contribution in [1.29, 1.82) is 0 Å². The van der Waals surface area contributed by atoms with Gasteiger partial charge < -0.3 is 0 Å². The molecule has 1 aliphatic heterocycles. The van der Waals surface area contributed by atoms with E-state index in [1.54, 1.807) is 13.8 Å². The molecule has 0 spiro atoms. The summed E-state index contributed by atoms with van der Waals surface area (Å²) in [4.78, 5) is 36.3. The van der Waals surface area contributed by atoms with Gasteiger partial charge in [0, 0.05) is 24.3 Å². The number of likely N-dealkylation sites (tertiary alicyclic amines) is 1. The molecule has 0 N–H and O–H groups in total. The Labute approximate surface area is 115 Å². The first-order valence-corrected chi connectivity index (χ1v) is 7.37. The summed E-state index contributed by atoms with van der Waals surface area (Å²) in [7, 11) is 0. The van der Waals surface area contributed by atoms with E-state index in [4.69, 9.17) is 0 Å². The standard InChI is InChI=1S/C13H19NO3.C2H6/c1-8-7-12(16)14(13(8)17)11-5-3-10(4-6-11)9(2)15;1-2/h8,10-11H,3-7H2,1-2H3;1-2H3. The Kier molecular flexibility index (Phi) is 5.70. The lowest BCUT2D eigenvalue weighted by molar-refractivity contribution is -0.142. The molecule has 0 aromatic carbocycles. The van der Waals surface area contributed by atoms with Gasteiger partial charge in [0.25, 0.3) is 0 Å². The summed E-state index contributed by atoms with van der Waals surface area (Å²) in [5, 5.41) is 0. The molecule has 1 saturated carbocycles. The van der Waals surface area contributed by atoms with Crippen molar-refractivity contribution in [2.24, 2.45) is 11.8 Å². The molecule has 1 saturated heterocycles. The number of hydrogen-bond donors (Lipinski definition) is 0. The third-order valence-corrected chi connectivity index (χ3v) is 4.05. The molecule has 0 bridgehead atoms. The molecule has 1 unspecified atom stereocenters. The van der Waals surface area contributed by atoms with Crippen molar-refractivity contribution in [3.05, 3.63) is 0 Å². The second-order valence-electron chi connectivity index (χ2n) is 5.32. The highest BCUT2D eigenvalue weighted by Gasteiger charge is 2.41. The lowest BCUT2D eigenvalue weighted by Gasteiger charge is -2.32. The van der Waals surface area contributed by atoms with E-state index in [1.807, 2.05) is 13.8 Å². The van der Waals surface area contributed by atoms with Crippen LogP contribution in [-0.2, 0) is 14.4 Å². The predicted octanol–water partition coefficient (Wildman–Crippen LogP) is 2.56. The van der Waals surface area contributed by atoms with Gasteiger partial charge in [-0.15, -0.1) is 0 Å². The van der Waals surface area contributed by atoms with E-state index in [1.165, 1.54) is 4.90 Å². The van der Waals surface area contributed by atoms with E-state index in [9.17, 15) is 14.4 Å². The van der Waals surface area contributed by atoms with E-state index in [0.717, 1.165) is 25.7 Å². The highest BCUT2D eigenvalue weighted by atomic mass is 16.2. The molecule has 0 aromatic rings. The molecule has 2 aliphatic rings. The quantitative estimate of drug-likeness (QED) is 0.722. The number of nitrogens with zero attached hydrogens (tertiary/aromatic N) is 1. The van der Waals surface area contributed by atoms with Gasteiger partial charge in [-0.3, -0.25) is 19.3 Å². The Balaban J connectivity index is 0.000000861. The number of amides is 2. The van der Waals surface area contributed by atoms with Gasteiger partial charge >= 0.3 is 0 Å². The zero-order valence-electron chi connectivity index (χ0n) is 12.4. The van der Waals surface area contributed by atoms with Crippen molar-refractivity contribution < 1.29 is 14.4 Å². The number of Topliss-reactive ketones (excluding diaryl/α,β-unsaturated/α-hetero) is 1. The maximum absolute atomic E-state index is 11.9. The first-order valence-electron chi connectivity index (χ1n) is 7.37. The predicted molar refractivity (Wildman–Crippen MR) is 73.4 cm³/mol. The van der Waals surface area contributed by atoms with Gasteiger partial charge in [0.2, 0.25) is 11.8 Å². The topological polar surface area (TPSA) is 54.5 Å². The van der Waals surface area contributed by atoms with Crippen molar-refractivity contribution in [2.75, 3.05) is 0 Å². The van der Waals surface area contributed by atoms with Crippen LogP contribution >= 0.6 is 0 Å². The van der Waals surface area contributed by atoms with E-state index < -0.39 is 0 Å². The molecular formula is C15H25NO3. The first-order chi connectivity index (χ1) is 9.00. The van der Waals surface area contributed by atoms with Gasteiger partial charge in [-0.2, -0.15) is 0 Å². The number of hydrogen-bond acceptors (Lipinski definition) is 3. The third kappa shape index (κ3) is 3.43. The van der Waals surface area contributed by atoms with Gasteiger partial charge in [0.15, 0.2) is 0 Å². The smallest absolute Gasteiger partial charge is 0.232 e. The van der Waals surface area contributed by atoms with E-state index in [-0.39, 0.29) is 35.5 Å². The second-order valence-corrected chi connectivity index (χ2v) is 5.32. The molecule has 1 atom stereocenters. The van der Waals surface area contributed by atoms with Crippen molar-refractivity contribution in [1.82, 2.24) is 4.90 Å². The van der Waals surface area contributed by atoms with Crippen LogP contribution in [-0.4, -0.2) is 28.5 Å². The van der Waals surface area contributed by atoms with Crippen LogP contribution < -0.4 is 0 Å². The molecule has 108 valence electrons. The van der Waals surface area contributed by atoms with Crippen molar-refractivity contribution in [2.45, 2.75) is 65.8 Å². The normalized spacial score (nSPS) is 30.9. The van der Waals surface area contributed by atoms with Crippen molar-refractivity contribution in [3.63, 3.8) is 0 Å². The number of carbonyl (C=O) groups excluding carboxylic acids is 3. The average Bonchev–Trinajstić information content (AvgIpc) is 2.66. The van der Waals surface area contributed by atoms with Crippen LogP contribution in [0, 0.1) is 11.8 Å². The number of rotatable bonds is 2. The van der Waals surface area contributed by atoms with Crippen LogP contribution in [0.25, 0.3) is 0 Å². The molecule has 2 rings (SSSR count). The summed E-state index contributed by atoms with van der Waals surface area (Å²) in [6.07, 6.45) is 3.55. The summed E-state index contributed by atoms with van der Waals surface area (Å²) in [5.41, 5.74) is 0. The summed E-state index contributed by atoms with van der Waals surface area (Å²) in [5.74, 6) is 0.149. The SMILES string of the molecule is CC.CC(=O)C1CCC(N2C(=O)CC(C)C2=O)CC1. The number of imide groups is 1. The van der Waals surface area contributed by atoms with Gasteiger partial charge in [-0.1, -0.05) is 20.8 Å². The van der Waals surface area contributed by atoms with Crippen LogP contribution in [0.4, 0.5) is 0 Å². The Hall–Kier alpha value is -1.19. The fraction of sp³-hybridized carbons (Fsp3) is 0.800. The molecule has 19 heavy (non-hydrogen) atoms. The average molecular weight is 267 g/mol. The Morgan fingerprint density at radius 2 is 1.63 bits per heavy atom. The van der Waals surface area contributed by atoms with E-state index in [2.05, 4.69) is 0 Å². The van der Waals surface area contributed by atoms with Crippen LogP contribution in [0.3, 0.4) is 0 Å². The molecule has 1 aliphatic carbocycles. The Morgan fingerprint density at radius 1 is 1.11 bits per heavy atom. The highest BCUT2D eigenvalue weighted by molar-refractivity contribution is 6.03. The minimum Gasteiger partial charge on any atom is -0.300 e. The summed E-state index contributed by atoms with van der Waals surface area (Å²) >= 11 is 0. The number of ketones is 1. The molecule has 2 amide bonds. The fourth-order valence-electron chi connectivity index (χ4n) is 2.93. The zero-order valence-corrected chi connectivity index (χ0v) is 12.4. The summed E-state index contributed by atoms with van der Waals surface area (Å²) in [6, 6.07) is 0.0375. The second kappa shape index (κ2) is 6.83. The van der Waals surface area contributed by atoms with Gasteiger partial charge in [0.05, 0.1) is 0 Å². The lowest BCUT2D eigenvalue weighted by atomic mass is 9.83. The summed E-state index contributed by atoms with van der Waals surface area (Å²) < 4.78 is 0.